The van der Waals surface area contributed by atoms with Crippen molar-refractivity contribution in [2.75, 3.05) is 6.79 Å². The molecule has 1 amide bonds. The van der Waals surface area contributed by atoms with Crippen LogP contribution in [0.3, 0.4) is 0 Å². The summed E-state index contributed by atoms with van der Waals surface area (Å²) in [5.41, 5.74) is 0.658. The maximum atomic E-state index is 12.5. The number of carboxylic acid groups (broad SMARTS) is 1. The maximum Gasteiger partial charge on any atom is 0.512 e. The van der Waals surface area contributed by atoms with Crippen LogP contribution in [-0.4, -0.2) is 37.5 Å². The highest BCUT2D eigenvalue weighted by atomic mass is 32.2. The largest absolute Gasteiger partial charge is 0.512 e. The van der Waals surface area contributed by atoms with Gasteiger partial charge in [-0.2, -0.15) is 8.42 Å². The minimum Gasteiger partial charge on any atom is -0.454 e. The Hall–Kier alpha value is -3.03. The van der Waals surface area contributed by atoms with Gasteiger partial charge in [0, 0.05) is 0 Å². The van der Waals surface area contributed by atoms with Crippen LogP contribution in [0.1, 0.15) is 5.56 Å². The number of fused-ring (bicyclic) bond motifs is 1. The molecule has 2 aliphatic heterocycles. The molecule has 0 spiro atoms. The van der Waals surface area contributed by atoms with Crippen LogP contribution in [0.5, 0.6) is 16.6 Å². The van der Waals surface area contributed by atoms with Crippen molar-refractivity contribution in [3.63, 3.8) is 0 Å². The fourth-order valence-corrected chi connectivity index (χ4v) is 5.58. The molecule has 13 heteroatoms. The minimum atomic E-state index is -4.29. The molecule has 0 radical (unpaired) electrons. The van der Waals surface area contributed by atoms with Crippen LogP contribution in [-0.2, 0) is 14.8 Å². The lowest BCUT2D eigenvalue weighted by atomic mass is 10.2. The second kappa shape index (κ2) is 7.42. The number of carbonyl (C=O) groups excluding carboxylic acids is 1. The predicted octanol–water partition coefficient (Wildman–Crippen LogP) is 2.48. The number of carbonyl (C=O) groups is 2. The number of thiophene rings is 1. The third-order valence-electron chi connectivity index (χ3n) is 3.60. The molecule has 10 nitrogen and oxygen atoms in total. The molecular weight excluding hydrogens is 444 g/mol. The summed E-state index contributed by atoms with van der Waals surface area (Å²) in [6.07, 6.45) is -0.0882. The first-order chi connectivity index (χ1) is 13.8. The van der Waals surface area contributed by atoms with Gasteiger partial charge in [-0.1, -0.05) is 6.07 Å². The molecule has 1 aromatic heterocycles. The van der Waals surface area contributed by atoms with Gasteiger partial charge in [0.05, 0.1) is 4.91 Å². The molecule has 0 unspecified atom stereocenters. The van der Waals surface area contributed by atoms with Crippen LogP contribution < -0.4 is 19.5 Å². The van der Waals surface area contributed by atoms with Crippen molar-refractivity contribution in [3.05, 3.63) is 40.1 Å². The van der Waals surface area contributed by atoms with Gasteiger partial charge < -0.3 is 19.3 Å². The second-order valence-corrected chi connectivity index (χ2v) is 8.97. The smallest absolute Gasteiger partial charge is 0.454 e. The number of sulfonamides is 1. The van der Waals surface area contributed by atoms with Gasteiger partial charge in [0.1, 0.15) is 4.90 Å². The predicted molar refractivity (Wildman–Crippen MR) is 104 cm³/mol. The molecule has 29 heavy (non-hydrogen) atoms. The summed E-state index contributed by atoms with van der Waals surface area (Å²) in [5, 5.41) is 11.9. The number of nitrogens with zero attached hydrogens (tertiary/aromatic N) is 1. The van der Waals surface area contributed by atoms with E-state index < -0.39 is 27.0 Å². The fourth-order valence-electron chi connectivity index (χ4n) is 2.41. The molecule has 1 fully saturated rings. The summed E-state index contributed by atoms with van der Waals surface area (Å²) in [7, 11) is -4.29. The molecule has 1 saturated heterocycles. The minimum absolute atomic E-state index is 0.120. The zero-order valence-corrected chi connectivity index (χ0v) is 16.6. The first-order valence-electron chi connectivity index (χ1n) is 7.75. The van der Waals surface area contributed by atoms with Gasteiger partial charge in [-0.25, -0.2) is 4.79 Å². The van der Waals surface area contributed by atoms with E-state index in [2.05, 4.69) is 14.5 Å². The van der Waals surface area contributed by atoms with Gasteiger partial charge in [0.25, 0.3) is 15.9 Å². The van der Waals surface area contributed by atoms with Crippen LogP contribution in [0.15, 0.2) is 43.8 Å². The van der Waals surface area contributed by atoms with Gasteiger partial charge in [-0.05, 0) is 47.0 Å². The van der Waals surface area contributed by atoms with Crippen molar-refractivity contribution >= 4 is 56.4 Å². The van der Waals surface area contributed by atoms with E-state index in [4.69, 9.17) is 14.6 Å². The van der Waals surface area contributed by atoms with Crippen LogP contribution in [0, 0.1) is 0 Å². The number of amidine groups is 1. The molecular formula is C16H10N2O8S3. The Morgan fingerprint density at radius 2 is 2.07 bits per heavy atom. The Bertz CT molecular complexity index is 1180. The van der Waals surface area contributed by atoms with E-state index in [1.807, 2.05) is 0 Å². The Labute approximate surface area is 171 Å². The average molecular weight is 454 g/mol. The second-order valence-electron chi connectivity index (χ2n) is 5.49. The van der Waals surface area contributed by atoms with E-state index in [1.54, 1.807) is 24.3 Å². The van der Waals surface area contributed by atoms with Crippen LogP contribution >= 0.6 is 23.1 Å². The molecule has 0 atom stereocenters. The van der Waals surface area contributed by atoms with Gasteiger partial charge >= 0.3 is 6.16 Å². The molecule has 2 N–H and O–H groups in total. The summed E-state index contributed by atoms with van der Waals surface area (Å²) in [5.74, 6) is 0.621. The van der Waals surface area contributed by atoms with Gasteiger partial charge in [-0.3, -0.25) is 10.1 Å². The Morgan fingerprint density at radius 3 is 2.86 bits per heavy atom. The van der Waals surface area contributed by atoms with Crippen LogP contribution in [0.25, 0.3) is 6.08 Å². The number of thioether (sulfide) groups is 1. The zero-order valence-electron chi connectivity index (χ0n) is 14.1. The Kier molecular flexibility index (Phi) is 4.94. The lowest BCUT2D eigenvalue weighted by Gasteiger charge is -2.01. The lowest BCUT2D eigenvalue weighted by molar-refractivity contribution is -0.115. The molecule has 150 valence electrons. The van der Waals surface area contributed by atoms with E-state index in [-0.39, 0.29) is 21.9 Å². The van der Waals surface area contributed by atoms with E-state index in [0.29, 0.717) is 17.1 Å². The van der Waals surface area contributed by atoms with E-state index in [0.717, 1.165) is 23.1 Å². The number of nitrogens with one attached hydrogen (secondary N) is 1. The normalized spacial score (nSPS) is 18.3. The van der Waals surface area contributed by atoms with Crippen molar-refractivity contribution in [2.45, 2.75) is 4.90 Å². The standard InChI is InChI=1S/C16H10N2O8S3/c19-13-11(6-8-1-2-9-10(5-8)25-7-24-9)28-15(17-13)18-29(22,23)12-3-4-27-14(12)26-16(20)21/h1-6H,7H2,(H,20,21)(H,17,18,19). The quantitative estimate of drug-likeness (QED) is 0.526. The molecule has 2 aliphatic rings. The van der Waals surface area contributed by atoms with E-state index in [9.17, 15) is 18.0 Å². The monoisotopic (exact) mass is 454 g/mol. The van der Waals surface area contributed by atoms with E-state index >= 15 is 0 Å². The Morgan fingerprint density at radius 1 is 1.28 bits per heavy atom. The third-order valence-corrected chi connectivity index (χ3v) is 6.85. The van der Waals surface area contributed by atoms with E-state index in [1.165, 1.54) is 11.4 Å². The van der Waals surface area contributed by atoms with Crippen LogP contribution in [0.2, 0.25) is 0 Å². The first kappa shape index (κ1) is 19.3. The molecule has 0 bridgehead atoms. The molecule has 3 heterocycles. The highest BCUT2D eigenvalue weighted by molar-refractivity contribution is 8.19. The summed E-state index contributed by atoms with van der Waals surface area (Å²) in [4.78, 5) is 22.7. The summed E-state index contributed by atoms with van der Waals surface area (Å²) in [6.45, 7) is 0.120. The SMILES string of the molecule is O=C(O)Oc1sccc1S(=O)(=O)N=C1NC(=O)C(=Cc2ccc3c(c2)OCO3)S1. The highest BCUT2D eigenvalue weighted by Crippen LogP contribution is 2.36. The summed E-state index contributed by atoms with van der Waals surface area (Å²) >= 11 is 1.63. The van der Waals surface area contributed by atoms with Crippen molar-refractivity contribution in [1.29, 1.82) is 0 Å². The molecule has 0 aliphatic carbocycles. The zero-order chi connectivity index (χ0) is 20.6. The number of rotatable bonds is 4. The average Bonchev–Trinajstić information content (AvgIpc) is 3.35. The number of hydrogen-bond donors (Lipinski definition) is 2. The first-order valence-corrected chi connectivity index (χ1v) is 10.9. The lowest BCUT2D eigenvalue weighted by Crippen LogP contribution is -2.20. The van der Waals surface area contributed by atoms with Crippen molar-refractivity contribution in [1.82, 2.24) is 5.32 Å². The topological polar surface area (TPSA) is 141 Å². The molecule has 1 aromatic carbocycles. The van der Waals surface area contributed by atoms with Gasteiger partial charge in [-0.15, -0.1) is 15.7 Å². The van der Waals surface area contributed by atoms with Gasteiger partial charge in [0.2, 0.25) is 11.9 Å². The van der Waals surface area contributed by atoms with Crippen molar-refractivity contribution in [2.24, 2.45) is 4.40 Å². The van der Waals surface area contributed by atoms with Gasteiger partial charge in [0.15, 0.2) is 16.7 Å². The highest BCUT2D eigenvalue weighted by Gasteiger charge is 2.29. The third kappa shape index (κ3) is 4.06. The maximum absolute atomic E-state index is 12.5. The number of amides is 1. The fraction of sp³-hybridized carbons (Fsp3) is 0.0625. The van der Waals surface area contributed by atoms with Crippen molar-refractivity contribution in [3.8, 4) is 16.6 Å². The summed E-state index contributed by atoms with van der Waals surface area (Å²) in [6, 6.07) is 6.29. The van der Waals surface area contributed by atoms with Crippen LogP contribution in [0.4, 0.5) is 4.79 Å². The molecule has 0 saturated carbocycles. The number of benzene rings is 1. The summed E-state index contributed by atoms with van der Waals surface area (Å²) < 4.78 is 43.5. The Balaban J connectivity index is 1.58. The molecule has 2 aromatic rings. The van der Waals surface area contributed by atoms with Crippen molar-refractivity contribution < 1.29 is 37.3 Å². The number of ether oxygens (including phenoxy) is 3. The number of hydrogen-bond acceptors (Lipinski definition) is 9. The molecule has 4 rings (SSSR count).